The van der Waals surface area contributed by atoms with Gasteiger partial charge in [-0.2, -0.15) is 5.26 Å². The van der Waals surface area contributed by atoms with E-state index in [1.54, 1.807) is 7.11 Å². The fourth-order valence-electron chi connectivity index (χ4n) is 2.21. The average molecular weight is 284 g/mol. The lowest BCUT2D eigenvalue weighted by molar-refractivity contribution is 0.401. The van der Waals surface area contributed by atoms with Crippen LogP contribution in [0.3, 0.4) is 0 Å². The van der Waals surface area contributed by atoms with Crippen molar-refractivity contribution < 1.29 is 9.13 Å². The Morgan fingerprint density at radius 1 is 1.29 bits per heavy atom. The molecular weight excluding hydrogens is 267 g/mol. The third-order valence-electron chi connectivity index (χ3n) is 3.39. The maximum atomic E-state index is 13.3. The first kappa shape index (κ1) is 15.0. The second kappa shape index (κ2) is 6.87. The topological polar surface area (TPSA) is 45.0 Å². The molecule has 2 rings (SSSR count). The first-order chi connectivity index (χ1) is 10.2. The van der Waals surface area contributed by atoms with Gasteiger partial charge in [0.2, 0.25) is 0 Å². The minimum atomic E-state index is -0.337. The molecule has 0 unspecified atom stereocenters. The van der Waals surface area contributed by atoms with E-state index >= 15 is 0 Å². The Morgan fingerprint density at radius 2 is 2.05 bits per heavy atom. The van der Waals surface area contributed by atoms with Crippen molar-refractivity contribution in [3.8, 4) is 11.8 Å². The van der Waals surface area contributed by atoms with Gasteiger partial charge in [0, 0.05) is 18.2 Å². The molecule has 0 aliphatic carbocycles. The number of rotatable bonds is 5. The molecule has 0 radical (unpaired) electrons. The second-order valence-electron chi connectivity index (χ2n) is 4.76. The lowest BCUT2D eigenvalue weighted by Gasteiger charge is -2.17. The van der Waals surface area contributed by atoms with Crippen LogP contribution in [0.2, 0.25) is 0 Å². The summed E-state index contributed by atoms with van der Waals surface area (Å²) in [6.45, 7) is 2.42. The van der Waals surface area contributed by atoms with Crippen molar-refractivity contribution in [2.45, 2.75) is 19.5 Å². The van der Waals surface area contributed by atoms with Gasteiger partial charge in [0.25, 0.3) is 0 Å². The van der Waals surface area contributed by atoms with Crippen LogP contribution in [0.15, 0.2) is 42.5 Å². The average Bonchev–Trinajstić information content (AvgIpc) is 2.52. The molecule has 4 heteroatoms. The molecule has 0 fully saturated rings. The Balaban J connectivity index is 2.13. The van der Waals surface area contributed by atoms with E-state index in [-0.39, 0.29) is 11.9 Å². The van der Waals surface area contributed by atoms with E-state index in [9.17, 15) is 4.39 Å². The third-order valence-corrected chi connectivity index (χ3v) is 3.39. The van der Waals surface area contributed by atoms with E-state index in [1.807, 2.05) is 31.2 Å². The molecule has 0 aliphatic heterocycles. The number of methoxy groups -OCH3 is 1. The van der Waals surface area contributed by atoms with E-state index in [2.05, 4.69) is 11.4 Å². The number of ether oxygens (including phenoxy) is 1. The molecule has 108 valence electrons. The molecule has 0 bridgehead atoms. The van der Waals surface area contributed by atoms with Gasteiger partial charge in [-0.1, -0.05) is 18.2 Å². The molecule has 0 heterocycles. The highest BCUT2D eigenvalue weighted by atomic mass is 19.1. The predicted molar refractivity (Wildman–Crippen MR) is 79.4 cm³/mol. The molecule has 1 N–H and O–H groups in total. The van der Waals surface area contributed by atoms with Crippen molar-refractivity contribution >= 4 is 0 Å². The minimum Gasteiger partial charge on any atom is -0.496 e. The van der Waals surface area contributed by atoms with Crippen molar-refractivity contribution in [3.05, 3.63) is 65.0 Å². The van der Waals surface area contributed by atoms with Gasteiger partial charge in [-0.05, 0) is 36.8 Å². The monoisotopic (exact) mass is 284 g/mol. The van der Waals surface area contributed by atoms with E-state index in [0.717, 1.165) is 11.3 Å². The Labute approximate surface area is 124 Å². The van der Waals surface area contributed by atoms with Crippen LogP contribution < -0.4 is 10.1 Å². The minimum absolute atomic E-state index is 0.0240. The third kappa shape index (κ3) is 3.59. The molecule has 2 aromatic rings. The largest absolute Gasteiger partial charge is 0.496 e. The standard InChI is InChI=1S/C17H17FN2O/c1-12(16-5-3-4-6-17(16)21-2)20-11-14-9-15(18)8-7-13(14)10-19/h3-9,12,20H,11H2,1-2H3/t12-/m0/s1. The smallest absolute Gasteiger partial charge is 0.123 e. The quantitative estimate of drug-likeness (QED) is 0.913. The number of hydrogen-bond acceptors (Lipinski definition) is 3. The summed E-state index contributed by atoms with van der Waals surface area (Å²) in [4.78, 5) is 0. The Bertz CT molecular complexity index is 664. The van der Waals surface area contributed by atoms with Gasteiger partial charge in [0.15, 0.2) is 0 Å². The summed E-state index contributed by atoms with van der Waals surface area (Å²) in [7, 11) is 1.63. The zero-order chi connectivity index (χ0) is 15.2. The lowest BCUT2D eigenvalue weighted by Crippen LogP contribution is -2.19. The van der Waals surface area contributed by atoms with Crippen LogP contribution in [0.25, 0.3) is 0 Å². The van der Waals surface area contributed by atoms with Crippen molar-refractivity contribution in [1.82, 2.24) is 5.32 Å². The summed E-state index contributed by atoms with van der Waals surface area (Å²) in [6, 6.07) is 14.0. The van der Waals surface area contributed by atoms with Gasteiger partial charge >= 0.3 is 0 Å². The number of nitriles is 1. The molecule has 0 aromatic heterocycles. The maximum Gasteiger partial charge on any atom is 0.123 e. The van der Waals surface area contributed by atoms with E-state index in [1.165, 1.54) is 18.2 Å². The number of benzene rings is 2. The maximum absolute atomic E-state index is 13.3. The Hall–Kier alpha value is -2.38. The Morgan fingerprint density at radius 3 is 2.76 bits per heavy atom. The highest BCUT2D eigenvalue weighted by molar-refractivity contribution is 5.38. The van der Waals surface area contributed by atoms with Gasteiger partial charge < -0.3 is 10.1 Å². The number of hydrogen-bond donors (Lipinski definition) is 1. The number of nitrogens with one attached hydrogen (secondary N) is 1. The summed E-state index contributed by atoms with van der Waals surface area (Å²) in [6.07, 6.45) is 0. The molecule has 0 saturated heterocycles. The van der Waals surface area contributed by atoms with Gasteiger partial charge in [-0.3, -0.25) is 0 Å². The van der Waals surface area contributed by atoms with Crippen molar-refractivity contribution in [2.75, 3.05) is 7.11 Å². The Kier molecular flexibility index (Phi) is 4.91. The van der Waals surface area contributed by atoms with Crippen LogP contribution in [0.4, 0.5) is 4.39 Å². The molecule has 21 heavy (non-hydrogen) atoms. The molecular formula is C17H17FN2O. The molecule has 0 amide bonds. The lowest BCUT2D eigenvalue weighted by atomic mass is 10.1. The fraction of sp³-hybridized carbons (Fsp3) is 0.235. The van der Waals surface area contributed by atoms with Crippen molar-refractivity contribution in [3.63, 3.8) is 0 Å². The molecule has 0 aliphatic rings. The van der Waals surface area contributed by atoms with Crippen molar-refractivity contribution in [1.29, 1.82) is 5.26 Å². The van der Waals surface area contributed by atoms with E-state index in [4.69, 9.17) is 10.00 Å². The molecule has 1 atom stereocenters. The van der Waals surface area contributed by atoms with Gasteiger partial charge in [-0.15, -0.1) is 0 Å². The van der Waals surface area contributed by atoms with Crippen LogP contribution in [0, 0.1) is 17.1 Å². The first-order valence-electron chi connectivity index (χ1n) is 6.70. The summed E-state index contributed by atoms with van der Waals surface area (Å²) in [5, 5.41) is 12.3. The summed E-state index contributed by atoms with van der Waals surface area (Å²) in [5.74, 6) is 0.466. The molecule has 0 saturated carbocycles. The normalized spacial score (nSPS) is 11.7. The highest BCUT2D eigenvalue weighted by Gasteiger charge is 2.11. The number of para-hydroxylation sites is 1. The SMILES string of the molecule is COc1ccccc1[C@H](C)NCc1cc(F)ccc1C#N. The van der Waals surface area contributed by atoms with Crippen LogP contribution >= 0.6 is 0 Å². The summed E-state index contributed by atoms with van der Waals surface area (Å²) >= 11 is 0. The van der Waals surface area contributed by atoms with Crippen LogP contribution in [-0.4, -0.2) is 7.11 Å². The summed E-state index contributed by atoms with van der Waals surface area (Å²) < 4.78 is 18.6. The fourth-order valence-corrected chi connectivity index (χ4v) is 2.21. The van der Waals surface area contributed by atoms with Gasteiger partial charge in [0.1, 0.15) is 11.6 Å². The van der Waals surface area contributed by atoms with Gasteiger partial charge in [-0.25, -0.2) is 4.39 Å². The highest BCUT2D eigenvalue weighted by Crippen LogP contribution is 2.24. The molecule has 2 aromatic carbocycles. The van der Waals surface area contributed by atoms with Crippen LogP contribution in [0.5, 0.6) is 5.75 Å². The van der Waals surface area contributed by atoms with E-state index in [0.29, 0.717) is 17.7 Å². The van der Waals surface area contributed by atoms with Crippen molar-refractivity contribution in [2.24, 2.45) is 0 Å². The molecule has 0 spiro atoms. The zero-order valence-electron chi connectivity index (χ0n) is 12.1. The van der Waals surface area contributed by atoms with Crippen LogP contribution in [0.1, 0.15) is 29.7 Å². The molecule has 3 nitrogen and oxygen atoms in total. The second-order valence-corrected chi connectivity index (χ2v) is 4.76. The predicted octanol–water partition coefficient (Wildman–Crippen LogP) is 3.56. The zero-order valence-corrected chi connectivity index (χ0v) is 12.1. The number of nitrogens with zero attached hydrogens (tertiary/aromatic N) is 1. The summed E-state index contributed by atoms with van der Waals surface area (Å²) in [5.41, 5.74) is 2.16. The first-order valence-corrected chi connectivity index (χ1v) is 6.70. The van der Waals surface area contributed by atoms with Gasteiger partial charge in [0.05, 0.1) is 18.7 Å². The number of halogens is 1. The van der Waals surface area contributed by atoms with E-state index < -0.39 is 0 Å². The van der Waals surface area contributed by atoms with Crippen LogP contribution in [-0.2, 0) is 6.54 Å².